The van der Waals surface area contributed by atoms with Gasteiger partial charge in [-0.05, 0) is 24.3 Å². The van der Waals surface area contributed by atoms with E-state index in [9.17, 15) is 4.79 Å². The van der Waals surface area contributed by atoms with Crippen molar-refractivity contribution in [2.45, 2.75) is 0 Å². The van der Waals surface area contributed by atoms with Gasteiger partial charge in [0, 0.05) is 18.0 Å². The molecule has 4 heteroatoms. The highest BCUT2D eigenvalue weighted by atomic mass is 16.1. The van der Waals surface area contributed by atoms with Crippen LogP contribution in [0.4, 0.5) is 5.69 Å². The molecule has 0 saturated heterocycles. The first kappa shape index (κ1) is 13.0. The van der Waals surface area contributed by atoms with Crippen LogP contribution < -0.4 is 5.32 Å². The van der Waals surface area contributed by atoms with E-state index in [1.807, 2.05) is 42.5 Å². The van der Waals surface area contributed by atoms with Crippen LogP contribution in [0.2, 0.25) is 0 Å². The molecule has 21 heavy (non-hydrogen) atoms. The zero-order valence-corrected chi connectivity index (χ0v) is 11.2. The number of rotatable bonds is 3. The van der Waals surface area contributed by atoms with Crippen molar-refractivity contribution in [1.82, 2.24) is 9.97 Å². The highest BCUT2D eigenvalue weighted by Crippen LogP contribution is 2.18. The molecule has 0 aliphatic rings. The van der Waals surface area contributed by atoms with Crippen LogP contribution in [0.5, 0.6) is 0 Å². The molecule has 0 aliphatic carbocycles. The molecule has 3 aromatic rings. The van der Waals surface area contributed by atoms with Gasteiger partial charge in [-0.3, -0.25) is 14.8 Å². The summed E-state index contributed by atoms with van der Waals surface area (Å²) in [6.45, 7) is 0. The number of hydrogen-bond donors (Lipinski definition) is 1. The van der Waals surface area contributed by atoms with E-state index in [1.54, 1.807) is 24.5 Å². The number of pyridine rings is 2. The molecule has 0 saturated carbocycles. The summed E-state index contributed by atoms with van der Waals surface area (Å²) >= 11 is 0. The minimum Gasteiger partial charge on any atom is -0.321 e. The van der Waals surface area contributed by atoms with Crippen LogP contribution in [0.1, 0.15) is 10.4 Å². The van der Waals surface area contributed by atoms with Crippen LogP contribution in [0.25, 0.3) is 11.3 Å². The molecule has 4 nitrogen and oxygen atoms in total. The summed E-state index contributed by atoms with van der Waals surface area (Å²) in [5, 5.41) is 2.80. The molecule has 0 unspecified atom stereocenters. The van der Waals surface area contributed by atoms with Crippen molar-refractivity contribution in [2.24, 2.45) is 0 Å². The number of nitrogens with one attached hydrogen (secondary N) is 1. The lowest BCUT2D eigenvalue weighted by molar-refractivity contribution is 0.102. The highest BCUT2D eigenvalue weighted by Gasteiger charge is 2.06. The normalized spacial score (nSPS) is 10.1. The summed E-state index contributed by atoms with van der Waals surface area (Å²) in [5.41, 5.74) is 3.09. The summed E-state index contributed by atoms with van der Waals surface area (Å²) in [6.07, 6.45) is 4.81. The van der Waals surface area contributed by atoms with Gasteiger partial charge in [-0.2, -0.15) is 0 Å². The molecule has 0 bridgehead atoms. The summed E-state index contributed by atoms with van der Waals surface area (Å²) in [5.74, 6) is -0.197. The van der Waals surface area contributed by atoms with Gasteiger partial charge in [-0.1, -0.05) is 30.3 Å². The summed E-state index contributed by atoms with van der Waals surface area (Å²) in [4.78, 5) is 20.3. The van der Waals surface area contributed by atoms with Crippen molar-refractivity contribution >= 4 is 11.6 Å². The van der Waals surface area contributed by atoms with E-state index in [0.29, 0.717) is 11.3 Å². The molecule has 2 aromatic heterocycles. The molecule has 0 atom stereocenters. The first-order valence-corrected chi connectivity index (χ1v) is 6.56. The second kappa shape index (κ2) is 5.96. The lowest BCUT2D eigenvalue weighted by Crippen LogP contribution is -2.12. The standard InChI is InChI=1S/C17H13N3O/c21-17(14-7-4-10-18-11-14)20-15-8-9-16(19-12-15)13-5-2-1-3-6-13/h1-12H,(H,20,21). The Hall–Kier alpha value is -3.01. The third-order valence-corrected chi connectivity index (χ3v) is 3.01. The molecule has 1 amide bonds. The van der Waals surface area contributed by atoms with Crippen LogP contribution in [0.3, 0.4) is 0 Å². The van der Waals surface area contributed by atoms with Crippen LogP contribution in [0.15, 0.2) is 73.2 Å². The summed E-state index contributed by atoms with van der Waals surface area (Å²) in [6, 6.07) is 17.1. The van der Waals surface area contributed by atoms with Gasteiger partial charge >= 0.3 is 0 Å². The van der Waals surface area contributed by atoms with Gasteiger partial charge in [0.15, 0.2) is 0 Å². The number of carbonyl (C=O) groups excluding carboxylic acids is 1. The van der Waals surface area contributed by atoms with Crippen LogP contribution in [-0.2, 0) is 0 Å². The zero-order chi connectivity index (χ0) is 14.5. The SMILES string of the molecule is O=C(Nc1ccc(-c2ccccc2)nc1)c1cccnc1. The van der Waals surface area contributed by atoms with Crippen molar-refractivity contribution in [1.29, 1.82) is 0 Å². The fourth-order valence-corrected chi connectivity index (χ4v) is 1.95. The monoisotopic (exact) mass is 275 g/mol. The lowest BCUT2D eigenvalue weighted by Gasteiger charge is -2.06. The number of carbonyl (C=O) groups is 1. The minimum atomic E-state index is -0.197. The van der Waals surface area contributed by atoms with Gasteiger partial charge in [0.1, 0.15) is 0 Å². The molecule has 2 heterocycles. The molecule has 1 N–H and O–H groups in total. The van der Waals surface area contributed by atoms with Crippen LogP contribution in [-0.4, -0.2) is 15.9 Å². The number of benzene rings is 1. The largest absolute Gasteiger partial charge is 0.321 e. The van der Waals surface area contributed by atoms with E-state index < -0.39 is 0 Å². The lowest BCUT2D eigenvalue weighted by atomic mass is 10.1. The topological polar surface area (TPSA) is 54.9 Å². The minimum absolute atomic E-state index is 0.197. The Morgan fingerprint density at radius 1 is 0.905 bits per heavy atom. The van der Waals surface area contributed by atoms with Crippen molar-refractivity contribution in [3.63, 3.8) is 0 Å². The van der Waals surface area contributed by atoms with Gasteiger partial charge in [0.05, 0.1) is 23.1 Å². The Balaban J connectivity index is 1.75. The average molecular weight is 275 g/mol. The van der Waals surface area contributed by atoms with E-state index in [-0.39, 0.29) is 5.91 Å². The number of aromatic nitrogens is 2. The fraction of sp³-hybridized carbons (Fsp3) is 0. The maximum Gasteiger partial charge on any atom is 0.257 e. The van der Waals surface area contributed by atoms with Crippen molar-refractivity contribution in [3.8, 4) is 11.3 Å². The van der Waals surface area contributed by atoms with Gasteiger partial charge in [0.2, 0.25) is 0 Å². The molecule has 3 rings (SSSR count). The summed E-state index contributed by atoms with van der Waals surface area (Å²) < 4.78 is 0. The van der Waals surface area contributed by atoms with E-state index in [0.717, 1.165) is 11.3 Å². The maximum absolute atomic E-state index is 12.0. The van der Waals surface area contributed by atoms with Gasteiger partial charge in [-0.25, -0.2) is 0 Å². The van der Waals surface area contributed by atoms with Crippen molar-refractivity contribution in [3.05, 3.63) is 78.8 Å². The Bertz CT molecular complexity index is 725. The molecule has 102 valence electrons. The van der Waals surface area contributed by atoms with E-state index in [4.69, 9.17) is 0 Å². The third-order valence-electron chi connectivity index (χ3n) is 3.01. The number of nitrogens with zero attached hydrogens (tertiary/aromatic N) is 2. The van der Waals surface area contributed by atoms with Crippen molar-refractivity contribution in [2.75, 3.05) is 5.32 Å². The predicted octanol–water partition coefficient (Wildman–Crippen LogP) is 3.40. The molecular weight excluding hydrogens is 262 g/mol. The van der Waals surface area contributed by atoms with Gasteiger partial charge in [-0.15, -0.1) is 0 Å². The Morgan fingerprint density at radius 3 is 2.43 bits per heavy atom. The van der Waals surface area contributed by atoms with E-state index in [2.05, 4.69) is 15.3 Å². The molecule has 0 radical (unpaired) electrons. The third kappa shape index (κ3) is 3.12. The maximum atomic E-state index is 12.0. The predicted molar refractivity (Wildman–Crippen MR) is 81.9 cm³/mol. The molecular formula is C17H13N3O. The first-order valence-electron chi connectivity index (χ1n) is 6.56. The second-order valence-corrected chi connectivity index (χ2v) is 4.49. The van der Waals surface area contributed by atoms with Gasteiger partial charge in [0.25, 0.3) is 5.91 Å². The molecule has 0 spiro atoms. The number of anilines is 1. The van der Waals surface area contributed by atoms with E-state index in [1.165, 1.54) is 6.20 Å². The fourth-order valence-electron chi connectivity index (χ4n) is 1.95. The van der Waals surface area contributed by atoms with Gasteiger partial charge < -0.3 is 5.32 Å². The smallest absolute Gasteiger partial charge is 0.257 e. The first-order chi connectivity index (χ1) is 10.3. The quantitative estimate of drug-likeness (QED) is 0.797. The Morgan fingerprint density at radius 2 is 1.76 bits per heavy atom. The van der Waals surface area contributed by atoms with Crippen LogP contribution in [0, 0.1) is 0 Å². The highest BCUT2D eigenvalue weighted by molar-refractivity contribution is 6.03. The molecule has 0 fully saturated rings. The number of hydrogen-bond acceptors (Lipinski definition) is 3. The Labute approximate surface area is 122 Å². The zero-order valence-electron chi connectivity index (χ0n) is 11.2. The second-order valence-electron chi connectivity index (χ2n) is 4.49. The molecule has 1 aromatic carbocycles. The number of amides is 1. The van der Waals surface area contributed by atoms with Crippen LogP contribution >= 0.6 is 0 Å². The average Bonchev–Trinajstić information content (AvgIpc) is 2.57. The van der Waals surface area contributed by atoms with Crippen molar-refractivity contribution < 1.29 is 4.79 Å². The molecule has 0 aliphatic heterocycles. The summed E-state index contributed by atoms with van der Waals surface area (Å²) in [7, 11) is 0. The van der Waals surface area contributed by atoms with E-state index >= 15 is 0 Å². The Kier molecular flexibility index (Phi) is 3.69.